The van der Waals surface area contributed by atoms with Gasteiger partial charge in [0.2, 0.25) is 0 Å². The van der Waals surface area contributed by atoms with E-state index in [1.165, 1.54) is 12.1 Å². The summed E-state index contributed by atoms with van der Waals surface area (Å²) in [6.07, 6.45) is -0.0542. The van der Waals surface area contributed by atoms with Gasteiger partial charge in [-0.05, 0) is 59.7 Å². The Labute approximate surface area is 259 Å². The van der Waals surface area contributed by atoms with Crippen LogP contribution in [0, 0.1) is 0 Å². The van der Waals surface area contributed by atoms with Crippen LogP contribution in [-0.2, 0) is 19.1 Å². The van der Waals surface area contributed by atoms with E-state index in [1.807, 2.05) is 64.5 Å². The zero-order chi connectivity index (χ0) is 30.7. The van der Waals surface area contributed by atoms with Gasteiger partial charge in [0.1, 0.15) is 5.82 Å². The molecule has 0 saturated carbocycles. The van der Waals surface area contributed by atoms with Gasteiger partial charge in [-0.25, -0.2) is 4.98 Å². The van der Waals surface area contributed by atoms with Gasteiger partial charge in [-0.3, -0.25) is 14.7 Å². The first-order chi connectivity index (χ1) is 21.2. The van der Waals surface area contributed by atoms with Crippen molar-refractivity contribution in [1.82, 2.24) is 19.8 Å². The summed E-state index contributed by atoms with van der Waals surface area (Å²) in [4.78, 5) is 28.3. The Morgan fingerprint density at radius 2 is 1.70 bits per heavy atom. The molecule has 1 amide bonds. The van der Waals surface area contributed by atoms with E-state index in [2.05, 4.69) is 20.2 Å². The van der Waals surface area contributed by atoms with Crippen LogP contribution >= 0.6 is 11.6 Å². The van der Waals surface area contributed by atoms with Gasteiger partial charge in [0.15, 0.2) is 0 Å². The summed E-state index contributed by atoms with van der Waals surface area (Å²) >= 11 is 6.07. The lowest BCUT2D eigenvalue weighted by atomic mass is 10.0. The predicted octanol–water partition coefficient (Wildman–Crippen LogP) is 6.25. The van der Waals surface area contributed by atoms with Crippen molar-refractivity contribution in [3.63, 3.8) is 0 Å². The van der Waals surface area contributed by atoms with E-state index in [4.69, 9.17) is 11.6 Å². The molecule has 2 aliphatic rings. The van der Waals surface area contributed by atoms with Crippen molar-refractivity contribution in [3.8, 4) is 11.1 Å². The summed E-state index contributed by atoms with van der Waals surface area (Å²) in [6.45, 7) is 4.99. The smallest absolute Gasteiger partial charge is 0.367 e. The highest BCUT2D eigenvalue weighted by molar-refractivity contribution is 6.30. The number of nitrogens with zero attached hydrogens (tertiary/aromatic N) is 5. The summed E-state index contributed by atoms with van der Waals surface area (Å²) in [5, 5.41) is 3.49. The molecule has 44 heavy (non-hydrogen) atoms. The van der Waals surface area contributed by atoms with E-state index < -0.39 is 11.7 Å². The average molecular weight is 621 g/mol. The number of anilines is 2. The van der Waals surface area contributed by atoms with E-state index in [0.29, 0.717) is 43.2 Å². The SMILES string of the molecule is O=C(c1ccc(-c2cnc3c(c2)N(Cc2cc(Cl)ccc2C(F)(F)F)CCN3)cc1)N1CCN(CCc2ccccn2)CC1. The molecule has 4 aromatic rings. The number of fused-ring (bicyclic) bond motifs is 1. The maximum atomic E-state index is 13.7. The second kappa shape index (κ2) is 12.8. The number of amides is 1. The summed E-state index contributed by atoms with van der Waals surface area (Å²) < 4.78 is 41.1. The molecule has 0 aliphatic carbocycles. The maximum absolute atomic E-state index is 13.7. The van der Waals surface area contributed by atoms with E-state index >= 15 is 0 Å². The lowest BCUT2D eigenvalue weighted by molar-refractivity contribution is -0.138. The number of nitrogens with one attached hydrogen (secondary N) is 1. The number of pyridine rings is 2. The quantitative estimate of drug-likeness (QED) is 0.264. The van der Waals surface area contributed by atoms with E-state index in [0.717, 1.165) is 48.9 Å². The van der Waals surface area contributed by atoms with Crippen LogP contribution in [0.2, 0.25) is 5.02 Å². The lowest BCUT2D eigenvalue weighted by Crippen LogP contribution is -2.49. The summed E-state index contributed by atoms with van der Waals surface area (Å²) in [5.74, 6) is 0.614. The van der Waals surface area contributed by atoms with Gasteiger partial charge in [-0.2, -0.15) is 13.2 Å². The van der Waals surface area contributed by atoms with Crippen molar-refractivity contribution in [3.05, 3.63) is 107 Å². The third-order valence-corrected chi connectivity index (χ3v) is 8.39. The van der Waals surface area contributed by atoms with Crippen LogP contribution in [0.25, 0.3) is 11.1 Å². The molecule has 1 saturated heterocycles. The highest BCUT2D eigenvalue weighted by Crippen LogP contribution is 2.37. The fourth-order valence-corrected chi connectivity index (χ4v) is 5.93. The van der Waals surface area contributed by atoms with Crippen molar-refractivity contribution < 1.29 is 18.0 Å². The maximum Gasteiger partial charge on any atom is 0.416 e. The normalized spacial score (nSPS) is 15.5. The topological polar surface area (TPSA) is 64.6 Å². The van der Waals surface area contributed by atoms with Gasteiger partial charge >= 0.3 is 6.18 Å². The molecule has 7 nitrogen and oxygen atoms in total. The zero-order valence-electron chi connectivity index (χ0n) is 24.0. The number of hydrogen-bond acceptors (Lipinski definition) is 6. The molecule has 0 radical (unpaired) electrons. The monoisotopic (exact) mass is 620 g/mol. The standard InChI is InChI=1S/C33H32ClF3N6O/c34-27-8-9-29(33(35,36)37)26(19-27)22-43-14-12-39-31-30(43)20-25(21-40-31)23-4-6-24(7-5-23)32(44)42-17-15-41(16-18-42)13-10-28-3-1-2-11-38-28/h1-9,11,19-21H,10,12-18,22H2,(H,39,40). The van der Waals surface area contributed by atoms with Crippen LogP contribution in [0.4, 0.5) is 24.7 Å². The Morgan fingerprint density at radius 1 is 0.909 bits per heavy atom. The second-order valence-corrected chi connectivity index (χ2v) is 11.5. The van der Waals surface area contributed by atoms with Crippen molar-refractivity contribution in [2.75, 3.05) is 56.0 Å². The number of halogens is 4. The van der Waals surface area contributed by atoms with Crippen molar-refractivity contribution in [1.29, 1.82) is 0 Å². The first-order valence-electron chi connectivity index (χ1n) is 14.6. The van der Waals surface area contributed by atoms with Crippen LogP contribution in [0.15, 0.2) is 79.1 Å². The van der Waals surface area contributed by atoms with Gasteiger partial charge in [0.25, 0.3) is 5.91 Å². The van der Waals surface area contributed by atoms with Gasteiger partial charge in [-0.15, -0.1) is 0 Å². The van der Waals surface area contributed by atoms with E-state index in [1.54, 1.807) is 6.20 Å². The molecule has 2 aliphatic heterocycles. The number of aromatic nitrogens is 2. The van der Waals surface area contributed by atoms with E-state index in [-0.39, 0.29) is 23.0 Å². The molecule has 0 bridgehead atoms. The molecule has 0 spiro atoms. The lowest BCUT2D eigenvalue weighted by Gasteiger charge is -2.34. The van der Waals surface area contributed by atoms with Crippen molar-refractivity contribution >= 4 is 29.0 Å². The summed E-state index contributed by atoms with van der Waals surface area (Å²) in [6, 6.07) is 19.0. The van der Waals surface area contributed by atoms with Gasteiger partial charge < -0.3 is 15.1 Å². The Balaban J connectivity index is 1.12. The minimum absolute atomic E-state index is 0.00172. The number of benzene rings is 2. The largest absolute Gasteiger partial charge is 0.416 e. The average Bonchev–Trinajstić information content (AvgIpc) is 3.04. The highest BCUT2D eigenvalue weighted by atomic mass is 35.5. The second-order valence-electron chi connectivity index (χ2n) is 11.0. The number of rotatable bonds is 7. The number of carbonyl (C=O) groups excluding carboxylic acids is 1. The molecular formula is C33H32ClF3N6O. The Bertz CT molecular complexity index is 1610. The van der Waals surface area contributed by atoms with Gasteiger partial charge in [-0.1, -0.05) is 29.8 Å². The molecule has 2 aromatic heterocycles. The molecule has 0 atom stereocenters. The molecule has 11 heteroatoms. The number of carbonyl (C=O) groups is 1. The molecule has 2 aromatic carbocycles. The van der Waals surface area contributed by atoms with Crippen LogP contribution in [0.5, 0.6) is 0 Å². The minimum Gasteiger partial charge on any atom is -0.367 e. The number of alkyl halides is 3. The molecule has 6 rings (SSSR count). The number of piperazine rings is 1. The van der Waals surface area contributed by atoms with Gasteiger partial charge in [0.05, 0.1) is 11.3 Å². The summed E-state index contributed by atoms with van der Waals surface area (Å²) in [7, 11) is 0. The molecule has 228 valence electrons. The fourth-order valence-electron chi connectivity index (χ4n) is 5.74. The Morgan fingerprint density at radius 3 is 2.43 bits per heavy atom. The van der Waals surface area contributed by atoms with Crippen LogP contribution in [-0.4, -0.2) is 71.5 Å². The van der Waals surface area contributed by atoms with Crippen LogP contribution in [0.1, 0.15) is 27.2 Å². The predicted molar refractivity (Wildman–Crippen MR) is 166 cm³/mol. The first kappa shape index (κ1) is 29.9. The fraction of sp³-hybridized carbons (Fsp3) is 0.303. The Hall–Kier alpha value is -4.15. The third kappa shape index (κ3) is 6.81. The number of hydrogen-bond donors (Lipinski definition) is 1. The van der Waals surface area contributed by atoms with Crippen molar-refractivity contribution in [2.24, 2.45) is 0 Å². The minimum atomic E-state index is -4.48. The van der Waals surface area contributed by atoms with Crippen LogP contribution < -0.4 is 10.2 Å². The Kier molecular flexibility index (Phi) is 8.72. The van der Waals surface area contributed by atoms with Gasteiger partial charge in [0, 0.05) is 93.0 Å². The highest BCUT2D eigenvalue weighted by Gasteiger charge is 2.34. The zero-order valence-corrected chi connectivity index (χ0v) is 24.8. The molecule has 0 unspecified atom stereocenters. The molecular weight excluding hydrogens is 589 g/mol. The molecule has 4 heterocycles. The molecule has 1 N–H and O–H groups in total. The summed E-state index contributed by atoms with van der Waals surface area (Å²) in [5.41, 5.74) is 3.48. The first-order valence-corrected chi connectivity index (χ1v) is 15.0. The van der Waals surface area contributed by atoms with Crippen molar-refractivity contribution in [2.45, 2.75) is 19.1 Å². The van der Waals surface area contributed by atoms with Crippen LogP contribution in [0.3, 0.4) is 0 Å². The third-order valence-electron chi connectivity index (χ3n) is 8.15. The van der Waals surface area contributed by atoms with E-state index in [9.17, 15) is 18.0 Å². The molecule has 1 fully saturated rings.